The Balaban J connectivity index is 1.52. The van der Waals surface area contributed by atoms with Gasteiger partial charge < -0.3 is 24.6 Å². The van der Waals surface area contributed by atoms with Crippen LogP contribution in [0.3, 0.4) is 0 Å². The van der Waals surface area contributed by atoms with Crippen LogP contribution >= 0.6 is 23.2 Å². The second-order valence-corrected chi connectivity index (χ2v) is 10.2. The van der Waals surface area contributed by atoms with Gasteiger partial charge in [0.2, 0.25) is 0 Å². The summed E-state index contributed by atoms with van der Waals surface area (Å²) in [5, 5.41) is 6.60. The summed E-state index contributed by atoms with van der Waals surface area (Å²) in [5.41, 5.74) is 1.20. The minimum Gasteiger partial charge on any atom is -0.495 e. The van der Waals surface area contributed by atoms with Crippen molar-refractivity contribution >= 4 is 63.4 Å². The molecule has 3 amide bonds. The highest BCUT2D eigenvalue weighted by Crippen LogP contribution is 2.36. The zero-order valence-electron chi connectivity index (χ0n) is 21.0. The Morgan fingerprint density at radius 2 is 1.68 bits per heavy atom. The number of hydrogen-bond donors (Lipinski definition) is 2. The number of aromatic nitrogens is 2. The number of rotatable bonds is 4. The molecule has 4 rings (SSSR count). The summed E-state index contributed by atoms with van der Waals surface area (Å²) in [7, 11) is 1.57. The van der Waals surface area contributed by atoms with Crippen LogP contribution < -0.4 is 20.3 Å². The van der Waals surface area contributed by atoms with Gasteiger partial charge >= 0.3 is 12.1 Å². The average molecular weight is 547 g/mol. The molecular weight excluding hydrogens is 519 g/mol. The molecule has 0 saturated carbocycles. The van der Waals surface area contributed by atoms with Crippen LogP contribution in [0.4, 0.5) is 26.8 Å². The van der Waals surface area contributed by atoms with Crippen molar-refractivity contribution in [3.05, 3.63) is 46.7 Å². The van der Waals surface area contributed by atoms with Crippen molar-refractivity contribution in [3.8, 4) is 5.75 Å². The van der Waals surface area contributed by atoms with Gasteiger partial charge in [-0.2, -0.15) is 0 Å². The van der Waals surface area contributed by atoms with Gasteiger partial charge in [0, 0.05) is 31.6 Å². The van der Waals surface area contributed by atoms with Crippen LogP contribution in [0.1, 0.15) is 20.8 Å². The molecule has 2 N–H and O–H groups in total. The first-order valence-electron chi connectivity index (χ1n) is 11.6. The van der Waals surface area contributed by atoms with Crippen LogP contribution in [0.25, 0.3) is 10.9 Å². The number of methoxy groups -OCH3 is 1. The topological polar surface area (TPSA) is 109 Å². The minimum atomic E-state index is -0.559. The van der Waals surface area contributed by atoms with Crippen LogP contribution in [0, 0.1) is 0 Å². The summed E-state index contributed by atoms with van der Waals surface area (Å²) in [6, 6.07) is 8.05. The number of ether oxygens (including phenoxy) is 2. The van der Waals surface area contributed by atoms with E-state index in [4.69, 9.17) is 32.7 Å². The van der Waals surface area contributed by atoms with Crippen LogP contribution in [-0.4, -0.2) is 65.9 Å². The monoisotopic (exact) mass is 546 g/mol. The number of nitrogens with one attached hydrogen (secondary N) is 2. The first-order chi connectivity index (χ1) is 17.6. The Hall–Kier alpha value is -3.50. The van der Waals surface area contributed by atoms with E-state index in [0.29, 0.717) is 64.4 Å². The number of halogens is 2. The summed E-state index contributed by atoms with van der Waals surface area (Å²) in [6.45, 7) is 7.76. The molecule has 1 aliphatic rings. The van der Waals surface area contributed by atoms with Gasteiger partial charge in [-0.15, -0.1) is 0 Å². The zero-order chi connectivity index (χ0) is 26.7. The van der Waals surface area contributed by atoms with Crippen molar-refractivity contribution in [1.82, 2.24) is 14.9 Å². The van der Waals surface area contributed by atoms with E-state index in [-0.39, 0.29) is 6.09 Å². The molecule has 2 heterocycles. The molecule has 10 nitrogen and oxygen atoms in total. The smallest absolute Gasteiger partial charge is 0.410 e. The summed E-state index contributed by atoms with van der Waals surface area (Å²) in [4.78, 5) is 37.6. The molecule has 1 aliphatic heterocycles. The van der Waals surface area contributed by atoms with Gasteiger partial charge in [-0.05, 0) is 45.0 Å². The SMILES string of the molecule is COc1cc2c(NC(=O)Nc3c(Cl)cccc3Cl)ncnc2cc1N1CCN(C(=O)OC(C)(C)C)CC1. The van der Waals surface area contributed by atoms with E-state index in [2.05, 4.69) is 25.5 Å². The lowest BCUT2D eigenvalue weighted by Gasteiger charge is -2.37. The number of para-hydroxylation sites is 1. The molecule has 0 bridgehead atoms. The highest BCUT2D eigenvalue weighted by Gasteiger charge is 2.27. The molecule has 196 valence electrons. The summed E-state index contributed by atoms with van der Waals surface area (Å²) in [5.74, 6) is 0.885. The Labute approximate surface area is 224 Å². The number of carbonyl (C=O) groups is 2. The van der Waals surface area contributed by atoms with Gasteiger partial charge in [0.05, 0.1) is 34.0 Å². The Bertz CT molecular complexity index is 1300. The van der Waals surface area contributed by atoms with E-state index in [1.165, 1.54) is 6.33 Å². The van der Waals surface area contributed by atoms with E-state index in [9.17, 15) is 9.59 Å². The van der Waals surface area contributed by atoms with E-state index < -0.39 is 11.6 Å². The van der Waals surface area contributed by atoms with Gasteiger partial charge in [0.1, 0.15) is 23.5 Å². The standard InChI is InChI=1S/C25H28Cl2N6O4/c1-25(2,3)37-24(35)33-10-8-32(9-11-33)19-13-18-15(12-20(19)36-4)22(29-14-28-18)31-23(34)30-21-16(26)6-5-7-17(21)27/h5-7,12-14H,8-11H2,1-4H3,(H2,28,29,30,31,34). The molecule has 1 saturated heterocycles. The fraction of sp³-hybridized carbons (Fsp3) is 0.360. The van der Waals surface area contributed by atoms with E-state index in [1.54, 1.807) is 36.3 Å². The minimum absolute atomic E-state index is 0.297. The molecule has 1 fully saturated rings. The van der Waals surface area contributed by atoms with E-state index in [0.717, 1.165) is 5.69 Å². The number of fused-ring (bicyclic) bond motifs is 1. The molecule has 0 spiro atoms. The van der Waals surface area contributed by atoms with Gasteiger partial charge in [-0.25, -0.2) is 19.6 Å². The Morgan fingerprint density at radius 1 is 1.00 bits per heavy atom. The van der Waals surface area contributed by atoms with Crippen LogP contribution in [0.5, 0.6) is 5.75 Å². The summed E-state index contributed by atoms with van der Waals surface area (Å²) >= 11 is 12.3. The largest absolute Gasteiger partial charge is 0.495 e. The maximum atomic E-state index is 12.7. The highest BCUT2D eigenvalue weighted by molar-refractivity contribution is 6.39. The van der Waals surface area contributed by atoms with Crippen molar-refractivity contribution in [1.29, 1.82) is 0 Å². The number of benzene rings is 2. The number of carbonyl (C=O) groups excluding carboxylic acids is 2. The van der Waals surface area contributed by atoms with Crippen molar-refractivity contribution in [2.75, 3.05) is 48.8 Å². The molecule has 3 aromatic rings. The lowest BCUT2D eigenvalue weighted by molar-refractivity contribution is 0.0240. The van der Waals surface area contributed by atoms with Gasteiger partial charge in [-0.1, -0.05) is 29.3 Å². The predicted octanol–water partition coefficient (Wildman–Crippen LogP) is 5.65. The highest BCUT2D eigenvalue weighted by atomic mass is 35.5. The number of anilines is 3. The van der Waals surface area contributed by atoms with Crippen molar-refractivity contribution < 1.29 is 19.1 Å². The maximum Gasteiger partial charge on any atom is 0.410 e. The van der Waals surface area contributed by atoms with Crippen LogP contribution in [0.15, 0.2) is 36.7 Å². The van der Waals surface area contributed by atoms with E-state index in [1.807, 2.05) is 26.8 Å². The molecule has 12 heteroatoms. The normalized spacial score (nSPS) is 13.9. The molecule has 37 heavy (non-hydrogen) atoms. The molecule has 0 aliphatic carbocycles. The number of urea groups is 1. The first kappa shape index (κ1) is 26.6. The molecular formula is C25H28Cl2N6O4. The van der Waals surface area contributed by atoms with Crippen LogP contribution in [-0.2, 0) is 4.74 Å². The maximum absolute atomic E-state index is 12.7. The second-order valence-electron chi connectivity index (χ2n) is 9.39. The predicted molar refractivity (Wildman–Crippen MR) is 145 cm³/mol. The third-order valence-corrected chi connectivity index (χ3v) is 6.27. The molecule has 0 atom stereocenters. The number of nitrogens with zero attached hydrogens (tertiary/aromatic N) is 4. The van der Waals surface area contributed by atoms with Gasteiger partial charge in [-0.3, -0.25) is 5.32 Å². The average Bonchev–Trinajstić information content (AvgIpc) is 2.85. The second kappa shape index (κ2) is 10.9. The number of amides is 3. The lowest BCUT2D eigenvalue weighted by Crippen LogP contribution is -2.50. The van der Waals surface area contributed by atoms with Gasteiger partial charge in [0.25, 0.3) is 0 Å². The van der Waals surface area contributed by atoms with Crippen LogP contribution in [0.2, 0.25) is 10.0 Å². The third kappa shape index (κ3) is 6.26. The van der Waals surface area contributed by atoms with Crippen molar-refractivity contribution in [3.63, 3.8) is 0 Å². The van der Waals surface area contributed by atoms with Crippen molar-refractivity contribution in [2.24, 2.45) is 0 Å². The summed E-state index contributed by atoms with van der Waals surface area (Å²) < 4.78 is 11.2. The lowest BCUT2D eigenvalue weighted by atomic mass is 10.1. The van der Waals surface area contributed by atoms with Gasteiger partial charge in [0.15, 0.2) is 0 Å². The molecule has 0 radical (unpaired) electrons. The molecule has 2 aromatic carbocycles. The fourth-order valence-corrected chi connectivity index (χ4v) is 4.40. The third-order valence-electron chi connectivity index (χ3n) is 5.64. The number of hydrogen-bond acceptors (Lipinski definition) is 7. The zero-order valence-corrected chi connectivity index (χ0v) is 22.5. The Kier molecular flexibility index (Phi) is 7.79. The molecule has 0 unspecified atom stereocenters. The first-order valence-corrected chi connectivity index (χ1v) is 12.4. The summed E-state index contributed by atoms with van der Waals surface area (Å²) in [6.07, 6.45) is 1.05. The Morgan fingerprint density at radius 3 is 2.30 bits per heavy atom. The van der Waals surface area contributed by atoms with E-state index >= 15 is 0 Å². The number of piperazine rings is 1. The fourth-order valence-electron chi connectivity index (χ4n) is 3.91. The quantitative estimate of drug-likeness (QED) is 0.435. The molecule has 1 aromatic heterocycles. The van der Waals surface area contributed by atoms with Crippen molar-refractivity contribution in [2.45, 2.75) is 26.4 Å².